The topological polar surface area (TPSA) is 83.0 Å². The second-order valence-electron chi connectivity index (χ2n) is 9.02. The molecule has 1 N–H and O–H groups in total. The first-order valence-electron chi connectivity index (χ1n) is 11.8. The summed E-state index contributed by atoms with van der Waals surface area (Å²) in [6, 6.07) is 20.0. The molecule has 0 atom stereocenters. The van der Waals surface area contributed by atoms with Crippen LogP contribution in [0, 0.1) is 19.3 Å². The predicted octanol–water partition coefficient (Wildman–Crippen LogP) is 5.92. The van der Waals surface area contributed by atoms with Crippen molar-refractivity contribution in [1.29, 1.82) is 5.41 Å². The molecule has 2 aromatic carbocycles. The minimum atomic E-state index is -0.440. The maximum absolute atomic E-state index is 12.9. The van der Waals surface area contributed by atoms with Gasteiger partial charge in [-0.25, -0.2) is 0 Å². The van der Waals surface area contributed by atoms with Gasteiger partial charge >= 0.3 is 0 Å². The van der Waals surface area contributed by atoms with Crippen LogP contribution in [-0.4, -0.2) is 38.1 Å². The lowest BCUT2D eigenvalue weighted by Crippen LogP contribution is -2.35. The van der Waals surface area contributed by atoms with Crippen molar-refractivity contribution in [3.63, 3.8) is 0 Å². The molecule has 1 amide bonds. The molecular weight excluding hydrogens is 470 g/mol. The normalized spacial score (nSPS) is 16.5. The SMILES string of the molecule is Cc1cc(/C=C2\C(=N)N3N=C(COc4ccccc4)SC3=NC2=O)c(C)n1-c1ccc(C(C)C)cc1. The Balaban J connectivity index is 1.39. The number of ether oxygens (including phenoxy) is 1. The predicted molar refractivity (Wildman–Crippen MR) is 146 cm³/mol. The van der Waals surface area contributed by atoms with Crippen LogP contribution in [-0.2, 0) is 4.79 Å². The summed E-state index contributed by atoms with van der Waals surface area (Å²) >= 11 is 1.25. The lowest BCUT2D eigenvalue weighted by atomic mass is 10.0. The first kappa shape index (κ1) is 23.8. The van der Waals surface area contributed by atoms with Crippen LogP contribution in [0.4, 0.5) is 0 Å². The van der Waals surface area contributed by atoms with E-state index in [9.17, 15) is 4.79 Å². The maximum atomic E-state index is 12.9. The summed E-state index contributed by atoms with van der Waals surface area (Å²) in [7, 11) is 0. The number of rotatable bonds is 6. The maximum Gasteiger partial charge on any atom is 0.283 e. The second-order valence-corrected chi connectivity index (χ2v) is 10.1. The molecular formula is C28H27N5O2S. The third-order valence-corrected chi connectivity index (χ3v) is 7.07. The van der Waals surface area contributed by atoms with E-state index >= 15 is 0 Å². The number of hydrogen-bond donors (Lipinski definition) is 1. The summed E-state index contributed by atoms with van der Waals surface area (Å²) in [6.07, 6.45) is 1.74. The number of hydrazone groups is 1. The Morgan fingerprint density at radius 3 is 2.50 bits per heavy atom. The minimum Gasteiger partial charge on any atom is -0.487 e. The van der Waals surface area contributed by atoms with Crippen molar-refractivity contribution in [3.05, 3.63) is 88.8 Å². The van der Waals surface area contributed by atoms with Crippen LogP contribution in [0.1, 0.15) is 42.3 Å². The van der Waals surface area contributed by atoms with E-state index in [1.54, 1.807) is 6.08 Å². The molecule has 0 bridgehead atoms. The molecule has 7 nitrogen and oxygen atoms in total. The van der Waals surface area contributed by atoms with Crippen LogP contribution in [0.15, 0.2) is 76.3 Å². The van der Waals surface area contributed by atoms with Gasteiger partial charge in [-0.15, -0.1) is 0 Å². The first-order chi connectivity index (χ1) is 17.3. The van der Waals surface area contributed by atoms with Crippen LogP contribution in [0.5, 0.6) is 5.75 Å². The van der Waals surface area contributed by atoms with Crippen molar-refractivity contribution in [2.75, 3.05) is 6.61 Å². The summed E-state index contributed by atoms with van der Waals surface area (Å²) in [5.74, 6) is 0.772. The van der Waals surface area contributed by atoms with Gasteiger partial charge in [0.1, 0.15) is 17.4 Å². The van der Waals surface area contributed by atoms with Gasteiger partial charge in [-0.05, 0) is 79.1 Å². The molecule has 0 unspecified atom stereocenters. The van der Waals surface area contributed by atoms with Gasteiger partial charge in [0.25, 0.3) is 5.91 Å². The Bertz CT molecular complexity index is 1430. The molecule has 3 heterocycles. The number of aliphatic imine (C=N–C) groups is 1. The third kappa shape index (κ3) is 4.52. The average molecular weight is 498 g/mol. The molecule has 1 aromatic heterocycles. The number of amidine groups is 2. The molecule has 0 radical (unpaired) electrons. The van der Waals surface area contributed by atoms with Gasteiger partial charge in [0.15, 0.2) is 5.84 Å². The van der Waals surface area contributed by atoms with Gasteiger partial charge in [0, 0.05) is 17.1 Å². The molecule has 8 heteroatoms. The number of para-hydroxylation sites is 1. The van der Waals surface area contributed by atoms with Crippen LogP contribution >= 0.6 is 11.8 Å². The number of carbonyl (C=O) groups excluding carboxylic acids is 1. The van der Waals surface area contributed by atoms with Crippen LogP contribution < -0.4 is 4.74 Å². The van der Waals surface area contributed by atoms with Gasteiger partial charge < -0.3 is 9.30 Å². The highest BCUT2D eigenvalue weighted by Gasteiger charge is 2.36. The summed E-state index contributed by atoms with van der Waals surface area (Å²) in [4.78, 5) is 17.1. The van der Waals surface area contributed by atoms with Crippen LogP contribution in [0.3, 0.4) is 0 Å². The molecule has 5 rings (SSSR count). The third-order valence-electron chi connectivity index (χ3n) is 6.19. The van der Waals surface area contributed by atoms with E-state index in [1.807, 2.05) is 50.2 Å². The molecule has 182 valence electrons. The zero-order valence-corrected chi connectivity index (χ0v) is 21.5. The molecule has 0 saturated heterocycles. The van der Waals surface area contributed by atoms with Crippen molar-refractivity contribution in [3.8, 4) is 11.4 Å². The molecule has 0 fully saturated rings. The standard InChI is InChI=1S/C28H27N5O2S/c1-17(2)20-10-12-22(13-11-20)32-18(3)14-21(19(32)4)15-24-26(29)33-28(30-27(24)34)36-25(31-33)16-35-23-8-6-5-7-9-23/h5-15,17,29H,16H2,1-4H3/b24-15+,29-26?. The molecule has 2 aliphatic heterocycles. The Labute approximate surface area is 214 Å². The van der Waals surface area contributed by atoms with Crippen molar-refractivity contribution in [2.45, 2.75) is 33.6 Å². The number of nitrogens with one attached hydrogen (secondary N) is 1. The van der Waals surface area contributed by atoms with Gasteiger partial charge in [-0.3, -0.25) is 10.2 Å². The fourth-order valence-corrected chi connectivity index (χ4v) is 5.04. The monoisotopic (exact) mass is 497 g/mol. The van der Waals surface area contributed by atoms with Crippen LogP contribution in [0.2, 0.25) is 0 Å². The zero-order valence-electron chi connectivity index (χ0n) is 20.6. The molecule has 3 aromatic rings. The number of benzene rings is 2. The van der Waals surface area contributed by atoms with E-state index in [2.05, 4.69) is 52.8 Å². The summed E-state index contributed by atoms with van der Waals surface area (Å²) in [5, 5.41) is 15.6. The smallest absolute Gasteiger partial charge is 0.283 e. The Morgan fingerprint density at radius 1 is 1.08 bits per heavy atom. The van der Waals surface area contributed by atoms with E-state index in [-0.39, 0.29) is 18.0 Å². The Hall–Kier alpha value is -3.91. The highest BCUT2D eigenvalue weighted by atomic mass is 32.2. The number of nitrogens with zero attached hydrogens (tertiary/aromatic N) is 4. The van der Waals surface area contributed by atoms with E-state index < -0.39 is 5.91 Å². The largest absolute Gasteiger partial charge is 0.487 e. The fraction of sp³-hybridized carbons (Fsp3) is 0.214. The number of carbonyl (C=O) groups is 1. The second kappa shape index (κ2) is 9.62. The highest BCUT2D eigenvalue weighted by Crippen LogP contribution is 2.30. The van der Waals surface area contributed by atoms with Crippen molar-refractivity contribution in [1.82, 2.24) is 9.58 Å². The average Bonchev–Trinajstić information content (AvgIpc) is 3.40. The number of thioether (sulfide) groups is 1. The number of aryl methyl sites for hydroxylation is 1. The summed E-state index contributed by atoms with van der Waals surface area (Å²) in [6.45, 7) is 8.65. The highest BCUT2D eigenvalue weighted by molar-refractivity contribution is 8.27. The van der Waals surface area contributed by atoms with E-state index in [0.717, 1.165) is 28.4 Å². The Morgan fingerprint density at radius 2 is 1.81 bits per heavy atom. The molecule has 0 aliphatic carbocycles. The Kier molecular flexibility index (Phi) is 6.36. The van der Waals surface area contributed by atoms with Crippen molar-refractivity contribution < 1.29 is 9.53 Å². The van der Waals surface area contributed by atoms with Gasteiger partial charge in [0.05, 0.1) is 5.57 Å². The van der Waals surface area contributed by atoms with Gasteiger partial charge in [-0.2, -0.15) is 15.1 Å². The van der Waals surface area contributed by atoms with E-state index in [1.165, 1.54) is 22.3 Å². The number of fused-ring (bicyclic) bond motifs is 1. The van der Waals surface area contributed by atoms with Gasteiger partial charge in [0.2, 0.25) is 5.17 Å². The van der Waals surface area contributed by atoms with E-state index in [0.29, 0.717) is 16.1 Å². The zero-order chi connectivity index (χ0) is 25.4. The quantitative estimate of drug-likeness (QED) is 0.429. The summed E-state index contributed by atoms with van der Waals surface area (Å²) in [5.41, 5.74) is 5.47. The van der Waals surface area contributed by atoms with Crippen LogP contribution in [0.25, 0.3) is 11.8 Å². The summed E-state index contributed by atoms with van der Waals surface area (Å²) < 4.78 is 7.93. The number of amides is 1. The minimum absolute atomic E-state index is 0.0123. The molecule has 2 aliphatic rings. The number of hydrogen-bond acceptors (Lipinski definition) is 5. The fourth-order valence-electron chi connectivity index (χ4n) is 4.25. The first-order valence-corrected chi connectivity index (χ1v) is 12.6. The van der Waals surface area contributed by atoms with Crippen molar-refractivity contribution >= 4 is 39.8 Å². The number of aromatic nitrogens is 1. The van der Waals surface area contributed by atoms with Gasteiger partial charge in [-0.1, -0.05) is 44.2 Å². The molecule has 0 saturated carbocycles. The lowest BCUT2D eigenvalue weighted by Gasteiger charge is -2.20. The van der Waals surface area contributed by atoms with E-state index in [4.69, 9.17) is 10.1 Å². The lowest BCUT2D eigenvalue weighted by molar-refractivity contribution is -0.114. The molecule has 0 spiro atoms. The molecule has 36 heavy (non-hydrogen) atoms. The van der Waals surface area contributed by atoms with Crippen molar-refractivity contribution in [2.24, 2.45) is 10.1 Å².